The molecule has 0 amide bonds. The molecule has 0 unspecified atom stereocenters. The Morgan fingerprint density at radius 2 is 1.81 bits per heavy atom. The third-order valence-electron chi connectivity index (χ3n) is 5.76. The highest BCUT2D eigenvalue weighted by Gasteiger charge is 2.36. The predicted octanol–water partition coefficient (Wildman–Crippen LogP) is 5.43. The van der Waals surface area contributed by atoms with Gasteiger partial charge in [0.25, 0.3) is 0 Å². The Morgan fingerprint density at radius 3 is 2.44 bits per heavy atom. The van der Waals surface area contributed by atoms with Crippen LogP contribution in [0.1, 0.15) is 41.5 Å². The van der Waals surface area contributed by atoms with Gasteiger partial charge in [0, 0.05) is 18.5 Å². The van der Waals surface area contributed by atoms with E-state index < -0.39 is 35.3 Å². The fraction of sp³-hybridized carbons (Fsp3) is 0.348. The number of nitrogens with one attached hydrogen (secondary N) is 1. The van der Waals surface area contributed by atoms with Crippen molar-refractivity contribution in [3.8, 4) is 17.1 Å². The van der Waals surface area contributed by atoms with Crippen molar-refractivity contribution in [1.29, 1.82) is 5.41 Å². The van der Waals surface area contributed by atoms with Gasteiger partial charge in [-0.25, -0.2) is 0 Å². The van der Waals surface area contributed by atoms with Gasteiger partial charge in [0.05, 0.1) is 17.7 Å². The van der Waals surface area contributed by atoms with E-state index in [1.807, 2.05) is 0 Å². The zero-order valence-electron chi connectivity index (χ0n) is 18.7. The molecule has 0 aliphatic carbocycles. The van der Waals surface area contributed by atoms with E-state index in [0.29, 0.717) is 18.5 Å². The number of nitrogens with zero attached hydrogens (tertiary/aromatic N) is 3. The molecule has 2 aromatic carbocycles. The number of likely N-dealkylation sites (tertiary alicyclic amines) is 1. The first-order valence-electron chi connectivity index (χ1n) is 10.9. The van der Waals surface area contributed by atoms with Gasteiger partial charge in [-0.1, -0.05) is 17.3 Å². The summed E-state index contributed by atoms with van der Waals surface area (Å²) in [7, 11) is 0. The summed E-state index contributed by atoms with van der Waals surface area (Å²) >= 11 is 0. The van der Waals surface area contributed by atoms with Gasteiger partial charge >= 0.3 is 12.4 Å². The number of guanidine groups is 1. The van der Waals surface area contributed by atoms with Gasteiger partial charge in [0.15, 0.2) is 5.96 Å². The smallest absolute Gasteiger partial charge is 0.419 e. The highest BCUT2D eigenvalue weighted by Crippen LogP contribution is 2.39. The highest BCUT2D eigenvalue weighted by molar-refractivity contribution is 5.75. The van der Waals surface area contributed by atoms with Crippen molar-refractivity contribution < 1.29 is 35.6 Å². The van der Waals surface area contributed by atoms with Gasteiger partial charge in [-0.05, 0) is 48.7 Å². The van der Waals surface area contributed by atoms with E-state index in [2.05, 4.69) is 10.1 Å². The number of hydrogen-bond acceptors (Lipinski definition) is 5. The van der Waals surface area contributed by atoms with Gasteiger partial charge in [-0.15, -0.1) is 0 Å². The van der Waals surface area contributed by atoms with Crippen LogP contribution in [-0.2, 0) is 18.8 Å². The van der Waals surface area contributed by atoms with E-state index in [9.17, 15) is 26.3 Å². The summed E-state index contributed by atoms with van der Waals surface area (Å²) < 4.78 is 89.8. The van der Waals surface area contributed by atoms with E-state index in [1.165, 1.54) is 18.2 Å². The van der Waals surface area contributed by atoms with Crippen molar-refractivity contribution in [2.75, 3.05) is 13.2 Å². The summed E-state index contributed by atoms with van der Waals surface area (Å²) in [6.45, 7) is 0.358. The average molecular weight is 513 g/mol. The minimum absolute atomic E-state index is 0.0535. The maximum Gasteiger partial charge on any atom is 0.419 e. The van der Waals surface area contributed by atoms with Crippen molar-refractivity contribution in [3.63, 3.8) is 0 Å². The lowest BCUT2D eigenvalue weighted by molar-refractivity contribution is -0.139. The summed E-state index contributed by atoms with van der Waals surface area (Å²) in [5.41, 5.74) is 4.24. The van der Waals surface area contributed by atoms with Crippen LogP contribution in [0.15, 0.2) is 47.0 Å². The normalized spacial score (nSPS) is 16.4. The fourth-order valence-electron chi connectivity index (χ4n) is 3.96. The van der Waals surface area contributed by atoms with Crippen LogP contribution in [-0.4, -0.2) is 34.2 Å². The quantitative estimate of drug-likeness (QED) is 0.259. The van der Waals surface area contributed by atoms with Crippen LogP contribution >= 0.6 is 0 Å². The van der Waals surface area contributed by atoms with Crippen LogP contribution < -0.4 is 10.5 Å². The Bertz CT molecular complexity index is 1220. The molecule has 0 spiro atoms. The van der Waals surface area contributed by atoms with Gasteiger partial charge < -0.3 is 19.9 Å². The number of nitrogens with two attached hydrogens (primary N) is 1. The van der Waals surface area contributed by atoms with Crippen molar-refractivity contribution in [3.05, 3.63) is 65.0 Å². The number of hydrogen-bond donors (Lipinski definition) is 2. The predicted molar refractivity (Wildman–Crippen MR) is 116 cm³/mol. The number of ether oxygens (including phenoxy) is 1. The summed E-state index contributed by atoms with van der Waals surface area (Å²) in [5.74, 6) is -0.486. The Morgan fingerprint density at radius 1 is 1.08 bits per heavy atom. The molecule has 192 valence electrons. The molecular weight excluding hydrogens is 492 g/mol. The minimum atomic E-state index is -4.75. The zero-order chi connectivity index (χ0) is 26.1. The van der Waals surface area contributed by atoms with Crippen LogP contribution in [0.5, 0.6) is 5.75 Å². The van der Waals surface area contributed by atoms with Crippen molar-refractivity contribution in [2.45, 2.75) is 37.7 Å². The second kappa shape index (κ2) is 9.70. The van der Waals surface area contributed by atoms with E-state index in [-0.39, 0.29) is 36.3 Å². The molecule has 1 fully saturated rings. The molecule has 4 rings (SSSR count). The first-order valence-corrected chi connectivity index (χ1v) is 10.9. The Kier molecular flexibility index (Phi) is 6.83. The molecule has 1 aromatic heterocycles. The molecule has 0 bridgehead atoms. The van der Waals surface area contributed by atoms with Crippen molar-refractivity contribution >= 4 is 5.96 Å². The standard InChI is InChI=1S/C23H21F6N5O2/c24-22(25,26)15-6-3-13(4-7-15)9-11-35-18-8-5-14(12-16(18)23(27,28)29)19-32-20(36-33-19)17-2-1-10-34(17)21(30)31/h3-8,12,17H,1-2,9-11H2,(H3,30,31)/t17-/m0/s1. The number of halogens is 6. The molecule has 2 heterocycles. The zero-order valence-corrected chi connectivity index (χ0v) is 18.7. The lowest BCUT2D eigenvalue weighted by Crippen LogP contribution is -2.35. The summed E-state index contributed by atoms with van der Waals surface area (Å²) in [5, 5.41) is 11.4. The second-order valence-corrected chi connectivity index (χ2v) is 8.19. The number of rotatable bonds is 6. The third-order valence-corrected chi connectivity index (χ3v) is 5.76. The molecule has 1 atom stereocenters. The molecule has 13 heteroatoms. The topological polar surface area (TPSA) is 101 Å². The van der Waals surface area contributed by atoms with Crippen LogP contribution in [0.3, 0.4) is 0 Å². The molecule has 3 aromatic rings. The molecule has 36 heavy (non-hydrogen) atoms. The van der Waals surface area contributed by atoms with E-state index >= 15 is 0 Å². The molecule has 3 N–H and O–H groups in total. The van der Waals surface area contributed by atoms with Crippen LogP contribution in [0.4, 0.5) is 26.3 Å². The van der Waals surface area contributed by atoms with Crippen LogP contribution in [0, 0.1) is 5.41 Å². The number of benzene rings is 2. The molecule has 7 nitrogen and oxygen atoms in total. The van der Waals surface area contributed by atoms with Crippen LogP contribution in [0.2, 0.25) is 0 Å². The number of aromatic nitrogens is 2. The Balaban J connectivity index is 1.49. The molecule has 1 aliphatic rings. The minimum Gasteiger partial charge on any atom is -0.493 e. The molecule has 1 saturated heterocycles. The van der Waals surface area contributed by atoms with E-state index in [1.54, 1.807) is 4.90 Å². The Hall–Kier alpha value is -3.77. The lowest BCUT2D eigenvalue weighted by Gasteiger charge is -2.21. The van der Waals surface area contributed by atoms with E-state index in [4.69, 9.17) is 20.4 Å². The summed E-state index contributed by atoms with van der Waals surface area (Å²) in [6.07, 6.45) is -7.75. The first kappa shape index (κ1) is 25.3. The van der Waals surface area contributed by atoms with Crippen molar-refractivity contribution in [1.82, 2.24) is 15.0 Å². The molecule has 0 radical (unpaired) electrons. The fourth-order valence-corrected chi connectivity index (χ4v) is 3.96. The summed E-state index contributed by atoms with van der Waals surface area (Å²) in [6, 6.07) is 7.25. The largest absolute Gasteiger partial charge is 0.493 e. The average Bonchev–Trinajstić information content (AvgIpc) is 3.48. The second-order valence-electron chi connectivity index (χ2n) is 8.19. The first-order chi connectivity index (χ1) is 16.9. The van der Waals surface area contributed by atoms with Crippen molar-refractivity contribution in [2.24, 2.45) is 5.73 Å². The summed E-state index contributed by atoms with van der Waals surface area (Å²) in [4.78, 5) is 5.79. The highest BCUT2D eigenvalue weighted by atomic mass is 19.4. The van der Waals surface area contributed by atoms with Gasteiger partial charge in [0.1, 0.15) is 11.8 Å². The van der Waals surface area contributed by atoms with E-state index in [0.717, 1.165) is 30.7 Å². The third kappa shape index (κ3) is 5.55. The molecule has 0 saturated carbocycles. The Labute approximate surface area is 201 Å². The van der Waals surface area contributed by atoms with Gasteiger partial charge in [0.2, 0.25) is 11.7 Å². The SMILES string of the molecule is N=C(N)N1CCC[C@H]1c1nc(-c2ccc(OCCc3ccc(C(F)(F)F)cc3)c(C(F)(F)F)c2)no1. The van der Waals surface area contributed by atoms with Gasteiger partial charge in [-0.3, -0.25) is 5.41 Å². The maximum atomic E-state index is 13.7. The monoisotopic (exact) mass is 513 g/mol. The molecule has 1 aliphatic heterocycles. The van der Waals surface area contributed by atoms with Crippen LogP contribution in [0.25, 0.3) is 11.4 Å². The maximum absolute atomic E-state index is 13.7. The lowest BCUT2D eigenvalue weighted by atomic mass is 10.1. The number of alkyl halides is 6. The van der Waals surface area contributed by atoms with Gasteiger partial charge in [-0.2, -0.15) is 31.3 Å². The molecular formula is C23H21F6N5O2.